The molecule has 0 aromatic rings. The molecular formula is C53H84O19. The minimum absolute atomic E-state index is 0.0153. The lowest BCUT2D eigenvalue weighted by Gasteiger charge is -2.72. The van der Waals surface area contributed by atoms with E-state index in [9.17, 15) is 60.7 Å². The second-order valence-corrected chi connectivity index (χ2v) is 25.0. The van der Waals surface area contributed by atoms with Gasteiger partial charge in [-0.25, -0.2) is 9.59 Å². The zero-order valence-corrected chi connectivity index (χ0v) is 43.6. The number of carboxylic acid groups (broad SMARTS) is 1. The highest BCUT2D eigenvalue weighted by Gasteiger charge is 2.70. The van der Waals surface area contributed by atoms with Gasteiger partial charge >= 0.3 is 11.9 Å². The molecule has 0 aromatic carbocycles. The fourth-order valence-corrected chi connectivity index (χ4v) is 15.7. The Labute approximate surface area is 422 Å². The van der Waals surface area contributed by atoms with E-state index in [1.807, 2.05) is 6.92 Å². The zero-order valence-electron chi connectivity index (χ0n) is 43.6. The van der Waals surface area contributed by atoms with Gasteiger partial charge in [-0.2, -0.15) is 0 Å². The van der Waals surface area contributed by atoms with Gasteiger partial charge in [-0.15, -0.1) is 0 Å². The molecule has 8 rings (SSSR count). The van der Waals surface area contributed by atoms with Crippen molar-refractivity contribution in [3.05, 3.63) is 23.3 Å². The molecule has 19 nitrogen and oxygen atoms in total. The molecule has 19 heteroatoms. The lowest BCUT2D eigenvalue weighted by molar-refractivity contribution is -0.395. The summed E-state index contributed by atoms with van der Waals surface area (Å²) in [4.78, 5) is 26.2. The van der Waals surface area contributed by atoms with Crippen molar-refractivity contribution in [3.8, 4) is 0 Å². The number of hydrogen-bond donors (Lipinski definition) is 10. The third-order valence-electron chi connectivity index (χ3n) is 20.4. The zero-order chi connectivity index (χ0) is 53.0. The summed E-state index contributed by atoms with van der Waals surface area (Å²) in [6.07, 6.45) is -16.2. The van der Waals surface area contributed by atoms with Crippen LogP contribution in [0.25, 0.3) is 0 Å². The maximum atomic E-state index is 13.3. The normalized spacial score (nSPS) is 51.1. The molecule has 0 radical (unpaired) electrons. The highest BCUT2D eigenvalue weighted by molar-refractivity contribution is 5.87. The number of carbonyl (C=O) groups is 2. The molecule has 24 unspecified atom stereocenters. The van der Waals surface area contributed by atoms with Gasteiger partial charge in [-0.1, -0.05) is 66.2 Å². The Hall–Kier alpha value is -2.18. The Morgan fingerprint density at radius 2 is 1.35 bits per heavy atom. The summed E-state index contributed by atoms with van der Waals surface area (Å²) in [7, 11) is 0. The molecule has 4 saturated carbocycles. The fraction of sp³-hybridized carbons (Fsp3) is 0.887. The topological polar surface area (TPSA) is 301 Å². The van der Waals surface area contributed by atoms with Crippen molar-refractivity contribution in [1.29, 1.82) is 0 Å². The van der Waals surface area contributed by atoms with Crippen molar-refractivity contribution in [1.82, 2.24) is 0 Å². The third-order valence-corrected chi connectivity index (χ3v) is 20.4. The van der Waals surface area contributed by atoms with E-state index in [1.54, 1.807) is 13.0 Å². The largest absolute Gasteiger partial charge is 0.479 e. The number of ether oxygens (including phenoxy) is 7. The molecule has 0 aromatic heterocycles. The van der Waals surface area contributed by atoms with Gasteiger partial charge < -0.3 is 84.2 Å². The van der Waals surface area contributed by atoms with Crippen LogP contribution in [0.4, 0.5) is 0 Å². The average Bonchev–Trinajstić information content (AvgIpc) is 3.32. The molecule has 0 bridgehead atoms. The van der Waals surface area contributed by atoms with Crippen molar-refractivity contribution in [2.75, 3.05) is 13.2 Å². The molecular weight excluding hydrogens is 941 g/mol. The van der Waals surface area contributed by atoms with Crippen molar-refractivity contribution in [3.63, 3.8) is 0 Å². The van der Waals surface area contributed by atoms with Gasteiger partial charge in [0.1, 0.15) is 67.1 Å². The van der Waals surface area contributed by atoms with Crippen LogP contribution in [0.3, 0.4) is 0 Å². The van der Waals surface area contributed by atoms with E-state index in [4.69, 9.17) is 33.2 Å². The predicted molar refractivity (Wildman–Crippen MR) is 254 cm³/mol. The summed E-state index contributed by atoms with van der Waals surface area (Å²) in [6, 6.07) is 0. The van der Waals surface area contributed by atoms with E-state index in [0.29, 0.717) is 31.3 Å². The van der Waals surface area contributed by atoms with Crippen LogP contribution in [0.2, 0.25) is 0 Å². The number of fused-ring (bicyclic) bond motifs is 7. The summed E-state index contributed by atoms with van der Waals surface area (Å²) in [5.41, 5.74) is -0.0343. The first-order valence-electron chi connectivity index (χ1n) is 26.3. The SMILES string of the molecule is CC=C(C)C(=O)OC1CC(C)(C)CC2C3=CCC4C5(C)CCC(OC6OC(C(=O)O)C(O)C(OC7OC(CO)C(O)C(O)C7O)C6OC6OC(C)C(O)C(O)C6O)C(C)(C)C5CCC4(C)C3(C)CCC12CO. The molecule has 24 atom stereocenters. The summed E-state index contributed by atoms with van der Waals surface area (Å²) in [5, 5.41) is 108. The van der Waals surface area contributed by atoms with E-state index in [0.717, 1.165) is 32.1 Å². The first kappa shape index (κ1) is 56.0. The molecule has 7 fully saturated rings. The highest BCUT2D eigenvalue weighted by Crippen LogP contribution is 2.76. The second-order valence-electron chi connectivity index (χ2n) is 25.0. The summed E-state index contributed by atoms with van der Waals surface area (Å²) >= 11 is 0. The number of rotatable bonds is 11. The summed E-state index contributed by atoms with van der Waals surface area (Å²) < 4.78 is 43.2. The standard InChI is InChI=1S/C53H84O19/c1-11-24(2)44(65)68-32-21-48(4,5)20-27-26-12-13-30-50(8)16-15-31(49(6,7)29(50)14-17-52(30,10)51(26,9)18-19-53(27,32)23-55)69-47-42(72-45-37(60)35(58)33(56)25(3)66-45)40(39(62)41(71-47)43(63)64)70-46-38(61)36(59)34(57)28(22-54)67-46/h11-12,25,27-42,45-47,54-62H,13-23H2,1-10H3,(H,63,64). The number of aliphatic hydroxyl groups excluding tert-OH is 9. The Kier molecular flexibility index (Phi) is 15.6. The number of allylic oxidation sites excluding steroid dienone is 3. The van der Waals surface area contributed by atoms with Crippen LogP contribution in [0.5, 0.6) is 0 Å². The van der Waals surface area contributed by atoms with Crippen LogP contribution in [0, 0.1) is 50.2 Å². The van der Waals surface area contributed by atoms with E-state index in [1.165, 1.54) is 12.5 Å². The monoisotopic (exact) mass is 1020 g/mol. The number of aliphatic carboxylic acids is 1. The molecule has 0 spiro atoms. The number of hydrogen-bond acceptors (Lipinski definition) is 18. The van der Waals surface area contributed by atoms with Crippen molar-refractivity contribution in [2.24, 2.45) is 50.2 Å². The number of carbonyl (C=O) groups excluding carboxylic acids is 1. The highest BCUT2D eigenvalue weighted by atomic mass is 16.8. The Morgan fingerprint density at radius 1 is 0.708 bits per heavy atom. The number of aliphatic hydroxyl groups is 9. The van der Waals surface area contributed by atoms with Gasteiger partial charge in [0.05, 0.1) is 25.4 Å². The summed E-state index contributed by atoms with van der Waals surface area (Å²) in [5.74, 6) is -1.63. The smallest absolute Gasteiger partial charge is 0.335 e. The molecule has 5 aliphatic carbocycles. The fourth-order valence-electron chi connectivity index (χ4n) is 15.7. The van der Waals surface area contributed by atoms with Crippen LogP contribution in [-0.2, 0) is 42.7 Å². The van der Waals surface area contributed by atoms with Crippen molar-refractivity contribution < 1.29 is 93.8 Å². The lowest BCUT2D eigenvalue weighted by Crippen LogP contribution is -2.68. The Morgan fingerprint density at radius 3 is 1.97 bits per heavy atom. The van der Waals surface area contributed by atoms with Gasteiger partial charge in [0.2, 0.25) is 0 Å². The molecule has 8 aliphatic rings. The van der Waals surface area contributed by atoms with Gasteiger partial charge in [0.25, 0.3) is 0 Å². The predicted octanol–water partition coefficient (Wildman–Crippen LogP) is 2.22. The Balaban J connectivity index is 1.10. The van der Waals surface area contributed by atoms with Gasteiger partial charge in [-0.3, -0.25) is 0 Å². The minimum Gasteiger partial charge on any atom is -0.479 e. The van der Waals surface area contributed by atoms with Crippen molar-refractivity contribution in [2.45, 2.75) is 231 Å². The van der Waals surface area contributed by atoms with E-state index in [-0.39, 0.29) is 52.0 Å². The third kappa shape index (κ3) is 8.96. The molecule has 3 heterocycles. The van der Waals surface area contributed by atoms with Crippen LogP contribution < -0.4 is 0 Å². The lowest BCUT2D eigenvalue weighted by atomic mass is 9.33. The van der Waals surface area contributed by atoms with Gasteiger partial charge in [0, 0.05) is 11.0 Å². The molecule has 3 saturated heterocycles. The van der Waals surface area contributed by atoms with Crippen LogP contribution in [0.1, 0.15) is 127 Å². The average molecular weight is 1030 g/mol. The minimum atomic E-state index is -2.08. The number of carboxylic acids is 1. The molecule has 3 aliphatic heterocycles. The van der Waals surface area contributed by atoms with Crippen LogP contribution in [0.15, 0.2) is 23.3 Å². The molecule has 0 amide bonds. The quantitative estimate of drug-likeness (QED) is 0.0614. The molecule has 72 heavy (non-hydrogen) atoms. The Bertz CT molecular complexity index is 2060. The van der Waals surface area contributed by atoms with E-state index >= 15 is 0 Å². The maximum absolute atomic E-state index is 13.3. The van der Waals surface area contributed by atoms with Gasteiger partial charge in [0.15, 0.2) is 25.0 Å². The summed E-state index contributed by atoms with van der Waals surface area (Å²) in [6.45, 7) is 20.1. The van der Waals surface area contributed by atoms with Crippen LogP contribution >= 0.6 is 0 Å². The van der Waals surface area contributed by atoms with Crippen LogP contribution in [-0.4, -0.2) is 181 Å². The second kappa shape index (κ2) is 20.0. The van der Waals surface area contributed by atoms with Crippen molar-refractivity contribution >= 4 is 11.9 Å². The van der Waals surface area contributed by atoms with E-state index < -0.39 is 128 Å². The molecule has 10 N–H and O–H groups in total. The maximum Gasteiger partial charge on any atom is 0.335 e. The van der Waals surface area contributed by atoms with Gasteiger partial charge in [-0.05, 0) is 123 Å². The van der Waals surface area contributed by atoms with E-state index in [2.05, 4.69) is 54.5 Å². The first-order valence-corrected chi connectivity index (χ1v) is 26.3. The molecule has 410 valence electrons. The first-order chi connectivity index (χ1) is 33.6. The number of esters is 1.